The molecule has 2 saturated heterocycles. The lowest BCUT2D eigenvalue weighted by atomic mass is 9.97. The second-order valence-corrected chi connectivity index (χ2v) is 5.75. The highest BCUT2D eigenvalue weighted by Crippen LogP contribution is 2.24. The van der Waals surface area contributed by atoms with Crippen LogP contribution < -0.4 is 0 Å². The van der Waals surface area contributed by atoms with Crippen molar-refractivity contribution in [3.63, 3.8) is 0 Å². The zero-order valence-electron chi connectivity index (χ0n) is 10.2. The topological polar surface area (TPSA) is 23.6 Å². The summed E-state index contributed by atoms with van der Waals surface area (Å²) in [7, 11) is 0. The molecule has 0 bridgehead atoms. The molecule has 3 nitrogen and oxygen atoms in total. The first-order valence-electron chi connectivity index (χ1n) is 6.28. The fourth-order valence-corrected chi connectivity index (χ4v) is 3.01. The number of nitrogens with zero attached hydrogens (tertiary/aromatic N) is 2. The van der Waals surface area contributed by atoms with Crippen LogP contribution in [0.2, 0.25) is 0 Å². The van der Waals surface area contributed by atoms with E-state index in [0.717, 1.165) is 13.1 Å². The van der Waals surface area contributed by atoms with Gasteiger partial charge < -0.3 is 4.90 Å². The van der Waals surface area contributed by atoms with Crippen molar-refractivity contribution < 1.29 is 4.79 Å². The van der Waals surface area contributed by atoms with Gasteiger partial charge in [-0.25, -0.2) is 0 Å². The molecule has 0 saturated carbocycles. The molecule has 0 spiro atoms. The minimum Gasteiger partial charge on any atom is -0.336 e. The van der Waals surface area contributed by atoms with E-state index < -0.39 is 5.38 Å². The molecule has 3 atom stereocenters. The van der Waals surface area contributed by atoms with Gasteiger partial charge in [0.1, 0.15) is 5.38 Å². The Balaban J connectivity index is 2.03. The molecule has 0 radical (unpaired) electrons. The second-order valence-electron chi connectivity index (χ2n) is 5.10. The Hall–Kier alpha value is -0.280. The summed E-state index contributed by atoms with van der Waals surface area (Å²) in [4.78, 5) is 16.5. The number of carbonyl (C=O) groups excluding carboxylic acids is 1. The minimum absolute atomic E-state index is 0.0967. The number of hydrogen-bond donors (Lipinski definition) is 0. The van der Waals surface area contributed by atoms with Crippen molar-refractivity contribution in [1.82, 2.24) is 9.80 Å². The molecule has 3 unspecified atom stereocenters. The van der Waals surface area contributed by atoms with E-state index in [1.165, 1.54) is 25.8 Å². The Kier molecular flexibility index (Phi) is 3.75. The first-order valence-corrected chi connectivity index (χ1v) is 6.72. The summed E-state index contributed by atoms with van der Waals surface area (Å²) in [6.45, 7) is 6.98. The van der Waals surface area contributed by atoms with Gasteiger partial charge in [-0.2, -0.15) is 0 Å². The molecule has 0 aromatic rings. The van der Waals surface area contributed by atoms with Crippen LogP contribution in [0, 0.1) is 0 Å². The Morgan fingerprint density at radius 2 is 2.12 bits per heavy atom. The fraction of sp³-hybridized carbons (Fsp3) is 0.917. The molecule has 1 amide bonds. The number of halogens is 1. The minimum atomic E-state index is -0.391. The molecule has 0 N–H and O–H groups in total. The number of carbonyl (C=O) groups is 1. The van der Waals surface area contributed by atoms with Gasteiger partial charge in [-0.05, 0) is 33.2 Å². The van der Waals surface area contributed by atoms with E-state index in [0.29, 0.717) is 12.1 Å². The van der Waals surface area contributed by atoms with Gasteiger partial charge in [0.05, 0.1) is 0 Å². The molecule has 16 heavy (non-hydrogen) atoms. The zero-order valence-corrected chi connectivity index (χ0v) is 10.9. The van der Waals surface area contributed by atoms with E-state index in [4.69, 9.17) is 11.6 Å². The van der Waals surface area contributed by atoms with Crippen LogP contribution in [0.1, 0.15) is 33.1 Å². The van der Waals surface area contributed by atoms with Crippen LogP contribution in [-0.4, -0.2) is 52.8 Å². The van der Waals surface area contributed by atoms with E-state index in [1.54, 1.807) is 6.92 Å². The summed E-state index contributed by atoms with van der Waals surface area (Å²) in [6.07, 6.45) is 3.84. The number of rotatable bonds is 1. The van der Waals surface area contributed by atoms with Gasteiger partial charge in [0, 0.05) is 25.2 Å². The number of fused-ring (bicyclic) bond motifs is 1. The molecule has 92 valence electrons. The van der Waals surface area contributed by atoms with Crippen LogP contribution in [-0.2, 0) is 4.79 Å². The van der Waals surface area contributed by atoms with Gasteiger partial charge >= 0.3 is 0 Å². The normalized spacial score (nSPS) is 33.3. The highest BCUT2D eigenvalue weighted by molar-refractivity contribution is 6.30. The van der Waals surface area contributed by atoms with Gasteiger partial charge in [0.2, 0.25) is 5.91 Å². The Morgan fingerprint density at radius 1 is 1.38 bits per heavy atom. The summed E-state index contributed by atoms with van der Waals surface area (Å²) in [5.41, 5.74) is 0. The van der Waals surface area contributed by atoms with E-state index in [2.05, 4.69) is 11.8 Å². The van der Waals surface area contributed by atoms with E-state index >= 15 is 0 Å². The van der Waals surface area contributed by atoms with Crippen LogP contribution >= 0.6 is 11.6 Å². The number of hydrogen-bond acceptors (Lipinski definition) is 2. The molecular weight excluding hydrogens is 224 g/mol. The van der Waals surface area contributed by atoms with Crippen molar-refractivity contribution in [3.05, 3.63) is 0 Å². The second kappa shape index (κ2) is 4.92. The zero-order chi connectivity index (χ0) is 11.7. The van der Waals surface area contributed by atoms with Gasteiger partial charge in [-0.3, -0.25) is 9.69 Å². The average Bonchev–Trinajstić information content (AvgIpc) is 2.27. The SMILES string of the molecule is CC(Cl)C(=O)N1CC2CCCCN2CC1C. The molecule has 2 aliphatic heterocycles. The lowest BCUT2D eigenvalue weighted by Crippen LogP contribution is -2.61. The predicted molar refractivity (Wildman–Crippen MR) is 65.7 cm³/mol. The number of piperazine rings is 1. The highest BCUT2D eigenvalue weighted by atomic mass is 35.5. The van der Waals surface area contributed by atoms with Crippen molar-refractivity contribution >= 4 is 17.5 Å². The van der Waals surface area contributed by atoms with Crippen LogP contribution in [0.15, 0.2) is 0 Å². The van der Waals surface area contributed by atoms with E-state index in [9.17, 15) is 4.79 Å². The number of amides is 1. The lowest BCUT2D eigenvalue weighted by molar-refractivity contribution is -0.137. The van der Waals surface area contributed by atoms with Crippen molar-refractivity contribution in [3.8, 4) is 0 Å². The molecule has 2 aliphatic rings. The van der Waals surface area contributed by atoms with Crippen LogP contribution in [0.25, 0.3) is 0 Å². The monoisotopic (exact) mass is 244 g/mol. The smallest absolute Gasteiger partial charge is 0.240 e. The lowest BCUT2D eigenvalue weighted by Gasteiger charge is -2.47. The van der Waals surface area contributed by atoms with Gasteiger partial charge in [0.25, 0.3) is 0 Å². The molecule has 0 aliphatic carbocycles. The summed E-state index contributed by atoms with van der Waals surface area (Å²) < 4.78 is 0. The Morgan fingerprint density at radius 3 is 2.81 bits per heavy atom. The van der Waals surface area contributed by atoms with Crippen molar-refractivity contribution in [1.29, 1.82) is 0 Å². The third-order valence-electron chi connectivity index (χ3n) is 3.81. The van der Waals surface area contributed by atoms with Crippen molar-refractivity contribution in [2.75, 3.05) is 19.6 Å². The fourth-order valence-electron chi connectivity index (χ4n) is 2.89. The van der Waals surface area contributed by atoms with Gasteiger partial charge in [0.15, 0.2) is 0 Å². The van der Waals surface area contributed by atoms with Crippen LogP contribution in [0.4, 0.5) is 0 Å². The maximum atomic E-state index is 12.0. The molecular formula is C12H21ClN2O. The van der Waals surface area contributed by atoms with E-state index in [1.807, 2.05) is 4.90 Å². The summed E-state index contributed by atoms with van der Waals surface area (Å²) in [5.74, 6) is 0.0967. The van der Waals surface area contributed by atoms with Crippen molar-refractivity contribution in [2.24, 2.45) is 0 Å². The maximum Gasteiger partial charge on any atom is 0.240 e. The Labute approximate surface area is 103 Å². The first kappa shape index (κ1) is 12.2. The maximum absolute atomic E-state index is 12.0. The van der Waals surface area contributed by atoms with Gasteiger partial charge in [-0.15, -0.1) is 11.6 Å². The van der Waals surface area contributed by atoms with Crippen molar-refractivity contribution in [2.45, 2.75) is 50.6 Å². The summed E-state index contributed by atoms with van der Waals surface area (Å²) in [6, 6.07) is 0.882. The standard InChI is InChI=1S/C12H21ClN2O/c1-9-7-14-6-4-3-5-11(14)8-15(9)12(16)10(2)13/h9-11H,3-8H2,1-2H3. The van der Waals surface area contributed by atoms with E-state index in [-0.39, 0.29) is 5.91 Å². The number of alkyl halides is 1. The third kappa shape index (κ3) is 2.35. The molecule has 0 aromatic carbocycles. The van der Waals surface area contributed by atoms with Gasteiger partial charge in [-0.1, -0.05) is 6.42 Å². The predicted octanol–water partition coefficient (Wildman–Crippen LogP) is 1.70. The van der Waals surface area contributed by atoms with Crippen LogP contribution in [0.3, 0.4) is 0 Å². The number of piperidine rings is 1. The Bertz CT molecular complexity index is 270. The molecule has 4 heteroatoms. The van der Waals surface area contributed by atoms with Crippen LogP contribution in [0.5, 0.6) is 0 Å². The highest BCUT2D eigenvalue weighted by Gasteiger charge is 2.35. The summed E-state index contributed by atoms with van der Waals surface area (Å²) >= 11 is 5.90. The average molecular weight is 245 g/mol. The largest absolute Gasteiger partial charge is 0.336 e. The third-order valence-corrected chi connectivity index (χ3v) is 4.00. The first-order chi connectivity index (χ1) is 7.59. The summed E-state index contributed by atoms with van der Waals surface area (Å²) in [5, 5.41) is -0.391. The quantitative estimate of drug-likeness (QED) is 0.656. The molecule has 2 rings (SSSR count). The molecule has 2 fully saturated rings. The molecule has 2 heterocycles. The molecule has 0 aromatic heterocycles.